The van der Waals surface area contributed by atoms with Gasteiger partial charge in [-0.15, -0.1) is 0 Å². The SMILES string of the molecule is Nc1ccccc1OC12CC3CC(CC(C3)C1)C2. The molecule has 18 heavy (non-hydrogen) atoms. The van der Waals surface area contributed by atoms with E-state index in [0.29, 0.717) is 0 Å². The Balaban J connectivity index is 1.63. The van der Waals surface area contributed by atoms with Crippen LogP contribution in [0.4, 0.5) is 5.69 Å². The Morgan fingerprint density at radius 2 is 1.50 bits per heavy atom. The van der Waals surface area contributed by atoms with Crippen molar-refractivity contribution >= 4 is 5.69 Å². The molecule has 0 radical (unpaired) electrons. The molecule has 4 saturated carbocycles. The summed E-state index contributed by atoms with van der Waals surface area (Å²) in [4.78, 5) is 0. The van der Waals surface area contributed by atoms with Crippen LogP contribution in [0.5, 0.6) is 5.75 Å². The maximum Gasteiger partial charge on any atom is 0.143 e. The lowest BCUT2D eigenvalue weighted by atomic mass is 9.54. The van der Waals surface area contributed by atoms with Crippen molar-refractivity contribution in [1.82, 2.24) is 0 Å². The first-order valence-electron chi connectivity index (χ1n) is 7.26. The van der Waals surface area contributed by atoms with Gasteiger partial charge >= 0.3 is 0 Å². The molecule has 4 aliphatic rings. The topological polar surface area (TPSA) is 35.2 Å². The Labute approximate surface area is 109 Å². The molecular formula is C16H21NO. The standard InChI is InChI=1S/C16H21NO/c17-14-3-1-2-4-15(14)18-16-8-11-5-12(9-16)7-13(6-11)10-16/h1-4,11-13H,5-10,17H2. The summed E-state index contributed by atoms with van der Waals surface area (Å²) >= 11 is 0. The van der Waals surface area contributed by atoms with Crippen molar-refractivity contribution in [2.24, 2.45) is 17.8 Å². The highest BCUT2D eigenvalue weighted by Gasteiger charge is 2.52. The Morgan fingerprint density at radius 1 is 0.944 bits per heavy atom. The van der Waals surface area contributed by atoms with Crippen LogP contribution in [0.1, 0.15) is 38.5 Å². The number of ether oxygens (including phenoxy) is 1. The molecule has 0 unspecified atom stereocenters. The number of nitrogens with two attached hydrogens (primary N) is 1. The highest BCUT2D eigenvalue weighted by molar-refractivity contribution is 5.52. The van der Waals surface area contributed by atoms with Crippen molar-refractivity contribution < 1.29 is 4.74 Å². The number of nitrogen functional groups attached to an aromatic ring is 1. The summed E-state index contributed by atoms with van der Waals surface area (Å²) in [5.74, 6) is 3.66. The zero-order chi connectivity index (χ0) is 12.2. The lowest BCUT2D eigenvalue weighted by Gasteiger charge is -2.56. The van der Waals surface area contributed by atoms with E-state index in [-0.39, 0.29) is 5.60 Å². The lowest BCUT2D eigenvalue weighted by molar-refractivity contribution is -0.107. The van der Waals surface area contributed by atoms with E-state index in [1.165, 1.54) is 38.5 Å². The maximum atomic E-state index is 6.42. The molecule has 4 fully saturated rings. The monoisotopic (exact) mass is 243 g/mol. The molecule has 2 N–H and O–H groups in total. The minimum Gasteiger partial charge on any atom is -0.485 e. The number of para-hydroxylation sites is 2. The fourth-order valence-electron chi connectivity index (χ4n) is 4.96. The van der Waals surface area contributed by atoms with Gasteiger partial charge in [-0.1, -0.05) is 12.1 Å². The predicted molar refractivity (Wildman–Crippen MR) is 72.4 cm³/mol. The Bertz CT molecular complexity index is 433. The van der Waals surface area contributed by atoms with Crippen molar-refractivity contribution in [3.8, 4) is 5.75 Å². The van der Waals surface area contributed by atoms with Gasteiger partial charge in [0.05, 0.1) is 5.69 Å². The summed E-state index contributed by atoms with van der Waals surface area (Å²) in [6.45, 7) is 0. The van der Waals surface area contributed by atoms with Crippen LogP contribution >= 0.6 is 0 Å². The number of rotatable bonds is 2. The Morgan fingerprint density at radius 3 is 2.06 bits per heavy atom. The van der Waals surface area contributed by atoms with Gasteiger partial charge in [0, 0.05) is 0 Å². The molecule has 4 bridgehead atoms. The van der Waals surface area contributed by atoms with E-state index in [1.54, 1.807) is 0 Å². The van der Waals surface area contributed by atoms with Crippen LogP contribution in [-0.4, -0.2) is 5.60 Å². The molecule has 2 nitrogen and oxygen atoms in total. The van der Waals surface area contributed by atoms with Gasteiger partial charge in [0.2, 0.25) is 0 Å². The van der Waals surface area contributed by atoms with Crippen molar-refractivity contribution in [3.63, 3.8) is 0 Å². The first kappa shape index (κ1) is 10.7. The van der Waals surface area contributed by atoms with Gasteiger partial charge in [-0.2, -0.15) is 0 Å². The molecule has 5 rings (SSSR count). The van der Waals surface area contributed by atoms with Gasteiger partial charge in [-0.05, 0) is 68.4 Å². The van der Waals surface area contributed by atoms with Crippen LogP contribution in [0.15, 0.2) is 24.3 Å². The zero-order valence-corrected chi connectivity index (χ0v) is 10.8. The highest BCUT2D eigenvalue weighted by Crippen LogP contribution is 2.57. The first-order valence-corrected chi connectivity index (χ1v) is 7.26. The summed E-state index contributed by atoms with van der Waals surface area (Å²) in [5, 5.41) is 0. The second-order valence-corrected chi connectivity index (χ2v) is 6.74. The number of benzene rings is 1. The smallest absolute Gasteiger partial charge is 0.143 e. The van der Waals surface area contributed by atoms with Crippen LogP contribution in [0.2, 0.25) is 0 Å². The van der Waals surface area contributed by atoms with Crippen LogP contribution in [0, 0.1) is 17.8 Å². The Kier molecular flexibility index (Phi) is 2.18. The highest BCUT2D eigenvalue weighted by atomic mass is 16.5. The third kappa shape index (κ3) is 1.62. The molecule has 4 aliphatic carbocycles. The largest absolute Gasteiger partial charge is 0.485 e. The van der Waals surface area contributed by atoms with E-state index in [0.717, 1.165) is 29.2 Å². The number of hydrogen-bond acceptors (Lipinski definition) is 2. The van der Waals surface area contributed by atoms with Crippen molar-refractivity contribution in [2.75, 3.05) is 5.73 Å². The van der Waals surface area contributed by atoms with Crippen molar-refractivity contribution in [3.05, 3.63) is 24.3 Å². The number of anilines is 1. The average molecular weight is 243 g/mol. The van der Waals surface area contributed by atoms with E-state index in [9.17, 15) is 0 Å². The van der Waals surface area contributed by atoms with E-state index >= 15 is 0 Å². The molecular weight excluding hydrogens is 222 g/mol. The van der Waals surface area contributed by atoms with E-state index in [4.69, 9.17) is 10.5 Å². The second-order valence-electron chi connectivity index (χ2n) is 6.74. The van der Waals surface area contributed by atoms with Gasteiger partial charge < -0.3 is 10.5 Å². The molecule has 0 aromatic heterocycles. The lowest BCUT2D eigenvalue weighted by Crippen LogP contribution is -2.53. The molecule has 0 aliphatic heterocycles. The second kappa shape index (κ2) is 3.66. The molecule has 0 spiro atoms. The summed E-state index contributed by atoms with van der Waals surface area (Å²) < 4.78 is 6.42. The van der Waals surface area contributed by atoms with Crippen molar-refractivity contribution in [2.45, 2.75) is 44.1 Å². The van der Waals surface area contributed by atoms with Crippen LogP contribution < -0.4 is 10.5 Å². The fourth-order valence-corrected chi connectivity index (χ4v) is 4.96. The van der Waals surface area contributed by atoms with Gasteiger partial charge in [-0.3, -0.25) is 0 Å². The number of hydrogen-bond donors (Lipinski definition) is 1. The molecule has 1 aromatic rings. The van der Waals surface area contributed by atoms with Crippen LogP contribution in [0.3, 0.4) is 0 Å². The van der Waals surface area contributed by atoms with Gasteiger partial charge in [0.25, 0.3) is 0 Å². The predicted octanol–water partition coefficient (Wildman–Crippen LogP) is 3.62. The summed E-state index contributed by atoms with van der Waals surface area (Å²) in [5.41, 5.74) is 6.93. The minimum atomic E-state index is 0.115. The van der Waals surface area contributed by atoms with Crippen molar-refractivity contribution in [1.29, 1.82) is 0 Å². The van der Waals surface area contributed by atoms with Gasteiger partial charge in [0.15, 0.2) is 0 Å². The van der Waals surface area contributed by atoms with Gasteiger partial charge in [-0.25, -0.2) is 0 Å². The quantitative estimate of drug-likeness (QED) is 0.805. The summed E-state index contributed by atoms with van der Waals surface area (Å²) in [7, 11) is 0. The first-order chi connectivity index (χ1) is 8.72. The molecule has 1 aromatic carbocycles. The summed E-state index contributed by atoms with van der Waals surface area (Å²) in [6, 6.07) is 7.96. The van der Waals surface area contributed by atoms with Crippen LogP contribution in [-0.2, 0) is 0 Å². The van der Waals surface area contributed by atoms with Crippen LogP contribution in [0.25, 0.3) is 0 Å². The average Bonchev–Trinajstić information content (AvgIpc) is 2.30. The van der Waals surface area contributed by atoms with E-state index < -0.39 is 0 Å². The molecule has 0 saturated heterocycles. The maximum absolute atomic E-state index is 6.42. The molecule has 0 heterocycles. The normalized spacial score (nSPS) is 41.0. The van der Waals surface area contributed by atoms with Gasteiger partial charge in [0.1, 0.15) is 11.4 Å². The van der Waals surface area contributed by atoms with E-state index in [1.807, 2.05) is 24.3 Å². The third-order valence-electron chi connectivity index (χ3n) is 5.23. The molecule has 0 amide bonds. The molecule has 2 heteroatoms. The zero-order valence-electron chi connectivity index (χ0n) is 10.8. The third-order valence-corrected chi connectivity index (χ3v) is 5.23. The van der Waals surface area contributed by atoms with E-state index in [2.05, 4.69) is 0 Å². The molecule has 96 valence electrons. The molecule has 0 atom stereocenters. The minimum absolute atomic E-state index is 0.115. The fraction of sp³-hybridized carbons (Fsp3) is 0.625. The summed E-state index contributed by atoms with van der Waals surface area (Å²) in [6.07, 6.45) is 8.13. The Hall–Kier alpha value is -1.18.